The van der Waals surface area contributed by atoms with Crippen molar-refractivity contribution in [2.24, 2.45) is 0 Å². The van der Waals surface area contributed by atoms with Gasteiger partial charge < -0.3 is 4.74 Å². The predicted molar refractivity (Wildman–Crippen MR) is 110 cm³/mol. The summed E-state index contributed by atoms with van der Waals surface area (Å²) < 4.78 is 34.6. The van der Waals surface area contributed by atoms with Gasteiger partial charge >= 0.3 is 0 Å². The van der Waals surface area contributed by atoms with E-state index >= 15 is 0 Å². The number of morpholine rings is 1. The SMILES string of the molecule is Cc1cnc2c(S(=O)(=O)N3CCCC3CN3CC(C)OC(C)C3)cccc2c1. The van der Waals surface area contributed by atoms with E-state index in [4.69, 9.17) is 4.74 Å². The normalized spacial score (nSPS) is 27.5. The summed E-state index contributed by atoms with van der Waals surface area (Å²) in [6.45, 7) is 9.16. The van der Waals surface area contributed by atoms with Crippen molar-refractivity contribution in [2.75, 3.05) is 26.2 Å². The lowest BCUT2D eigenvalue weighted by molar-refractivity contribution is -0.0707. The highest BCUT2D eigenvalue weighted by Gasteiger charge is 2.38. The summed E-state index contributed by atoms with van der Waals surface area (Å²) in [7, 11) is -3.59. The zero-order chi connectivity index (χ0) is 19.9. The largest absolute Gasteiger partial charge is 0.373 e. The number of nitrogens with zero attached hydrogens (tertiary/aromatic N) is 3. The van der Waals surface area contributed by atoms with Crippen molar-refractivity contribution < 1.29 is 13.2 Å². The first-order chi connectivity index (χ1) is 13.3. The summed E-state index contributed by atoms with van der Waals surface area (Å²) in [5.41, 5.74) is 1.59. The second kappa shape index (κ2) is 7.71. The maximum absolute atomic E-state index is 13.6. The van der Waals surface area contributed by atoms with E-state index in [1.807, 2.05) is 25.1 Å². The number of hydrogen-bond acceptors (Lipinski definition) is 5. The molecule has 3 unspecified atom stereocenters. The van der Waals surface area contributed by atoms with Gasteiger partial charge in [-0.05, 0) is 51.3 Å². The molecule has 2 aliphatic rings. The van der Waals surface area contributed by atoms with Gasteiger partial charge in [0.1, 0.15) is 4.90 Å². The Morgan fingerprint density at radius 2 is 1.96 bits per heavy atom. The monoisotopic (exact) mass is 403 g/mol. The number of pyridine rings is 1. The summed E-state index contributed by atoms with van der Waals surface area (Å²) in [5.74, 6) is 0. The van der Waals surface area contributed by atoms with Crippen molar-refractivity contribution >= 4 is 20.9 Å². The lowest BCUT2D eigenvalue weighted by Crippen LogP contribution is -2.50. The molecule has 2 aliphatic heterocycles. The second-order valence-corrected chi connectivity index (χ2v) is 10.1. The second-order valence-electron chi connectivity index (χ2n) is 8.23. The van der Waals surface area contributed by atoms with Gasteiger partial charge in [0.05, 0.1) is 17.7 Å². The Morgan fingerprint density at radius 1 is 1.21 bits per heavy atom. The van der Waals surface area contributed by atoms with Crippen LogP contribution in [0.5, 0.6) is 0 Å². The van der Waals surface area contributed by atoms with Crippen LogP contribution in [0.4, 0.5) is 0 Å². The van der Waals surface area contributed by atoms with Gasteiger partial charge in [0.25, 0.3) is 0 Å². The first-order valence-electron chi connectivity index (χ1n) is 10.1. The topological polar surface area (TPSA) is 62.7 Å². The van der Waals surface area contributed by atoms with Crippen molar-refractivity contribution in [2.45, 2.75) is 56.8 Å². The molecular weight excluding hydrogens is 374 g/mol. The molecule has 7 heteroatoms. The molecule has 2 fully saturated rings. The van der Waals surface area contributed by atoms with E-state index < -0.39 is 10.0 Å². The summed E-state index contributed by atoms with van der Waals surface area (Å²) in [4.78, 5) is 7.12. The lowest BCUT2D eigenvalue weighted by Gasteiger charge is -2.38. The van der Waals surface area contributed by atoms with Gasteiger partial charge in [-0.2, -0.15) is 4.31 Å². The highest BCUT2D eigenvalue weighted by Crippen LogP contribution is 2.30. The highest BCUT2D eigenvalue weighted by atomic mass is 32.2. The van der Waals surface area contributed by atoms with Crippen molar-refractivity contribution in [1.29, 1.82) is 0 Å². The maximum Gasteiger partial charge on any atom is 0.245 e. The molecule has 28 heavy (non-hydrogen) atoms. The smallest absolute Gasteiger partial charge is 0.245 e. The van der Waals surface area contributed by atoms with Crippen LogP contribution in [0, 0.1) is 6.92 Å². The third-order valence-electron chi connectivity index (χ3n) is 5.68. The average molecular weight is 404 g/mol. The Bertz CT molecular complexity index is 953. The van der Waals surface area contributed by atoms with Gasteiger partial charge in [0.15, 0.2) is 0 Å². The molecule has 0 saturated carbocycles. The fraction of sp³-hybridized carbons (Fsp3) is 0.571. The van der Waals surface area contributed by atoms with Gasteiger partial charge in [-0.1, -0.05) is 12.1 Å². The summed E-state index contributed by atoms with van der Waals surface area (Å²) in [6, 6.07) is 7.41. The maximum atomic E-state index is 13.6. The number of benzene rings is 1. The molecule has 3 atom stereocenters. The molecule has 6 nitrogen and oxygen atoms in total. The molecule has 0 bridgehead atoms. The number of rotatable bonds is 4. The molecule has 0 N–H and O–H groups in total. The summed E-state index contributed by atoms with van der Waals surface area (Å²) >= 11 is 0. The van der Waals surface area contributed by atoms with Crippen molar-refractivity contribution in [1.82, 2.24) is 14.2 Å². The number of aromatic nitrogens is 1. The minimum Gasteiger partial charge on any atom is -0.373 e. The van der Waals surface area contributed by atoms with Gasteiger partial charge in [-0.3, -0.25) is 9.88 Å². The Morgan fingerprint density at radius 3 is 2.71 bits per heavy atom. The van der Waals surface area contributed by atoms with Gasteiger partial charge in [0, 0.05) is 43.8 Å². The van der Waals surface area contributed by atoms with Crippen LogP contribution in [0.2, 0.25) is 0 Å². The van der Waals surface area contributed by atoms with Crippen LogP contribution in [0.15, 0.2) is 35.4 Å². The van der Waals surface area contributed by atoms with Crippen LogP contribution >= 0.6 is 0 Å². The number of ether oxygens (including phenoxy) is 1. The molecule has 0 radical (unpaired) electrons. The zero-order valence-electron chi connectivity index (χ0n) is 16.8. The van der Waals surface area contributed by atoms with E-state index in [9.17, 15) is 8.42 Å². The van der Waals surface area contributed by atoms with Crippen molar-refractivity contribution in [3.63, 3.8) is 0 Å². The third kappa shape index (κ3) is 3.81. The molecule has 1 aromatic heterocycles. The molecule has 2 saturated heterocycles. The van der Waals surface area contributed by atoms with E-state index in [2.05, 4.69) is 23.7 Å². The lowest BCUT2D eigenvalue weighted by atomic mass is 10.1. The average Bonchev–Trinajstić information content (AvgIpc) is 3.09. The van der Waals surface area contributed by atoms with Crippen LogP contribution in [0.1, 0.15) is 32.3 Å². The fourth-order valence-corrected chi connectivity index (χ4v) is 6.47. The van der Waals surface area contributed by atoms with Crippen LogP contribution in [0.25, 0.3) is 10.9 Å². The fourth-order valence-electron chi connectivity index (χ4n) is 4.62. The third-order valence-corrected chi connectivity index (χ3v) is 7.67. The van der Waals surface area contributed by atoms with E-state index in [0.717, 1.165) is 43.4 Å². The Hall–Kier alpha value is -1.54. The van der Waals surface area contributed by atoms with Gasteiger partial charge in [-0.15, -0.1) is 0 Å². The van der Waals surface area contributed by atoms with E-state index in [1.54, 1.807) is 16.6 Å². The minimum atomic E-state index is -3.59. The first kappa shape index (κ1) is 19.8. The molecular formula is C21H29N3O3S. The highest BCUT2D eigenvalue weighted by molar-refractivity contribution is 7.89. The van der Waals surface area contributed by atoms with Crippen LogP contribution < -0.4 is 0 Å². The first-order valence-corrected chi connectivity index (χ1v) is 11.5. The van der Waals surface area contributed by atoms with Gasteiger partial charge in [-0.25, -0.2) is 8.42 Å². The number of para-hydroxylation sites is 1. The molecule has 0 spiro atoms. The van der Waals surface area contributed by atoms with Crippen LogP contribution in [-0.2, 0) is 14.8 Å². The van der Waals surface area contributed by atoms with E-state index in [1.165, 1.54) is 0 Å². The summed E-state index contributed by atoms with van der Waals surface area (Å²) in [6.07, 6.45) is 3.90. The quantitative estimate of drug-likeness (QED) is 0.786. The summed E-state index contributed by atoms with van der Waals surface area (Å²) in [5, 5.41) is 0.868. The molecule has 0 amide bonds. The molecule has 0 aliphatic carbocycles. The van der Waals surface area contributed by atoms with Crippen molar-refractivity contribution in [3.05, 3.63) is 36.0 Å². The van der Waals surface area contributed by atoms with Crippen LogP contribution in [-0.4, -0.2) is 67.0 Å². The molecule has 1 aromatic carbocycles. The standard InChI is InChI=1S/C21H29N3O3S/c1-15-10-18-6-4-8-20(21(18)22-11-15)28(25,26)24-9-5-7-19(24)14-23-12-16(2)27-17(3)13-23/h4,6,8,10-11,16-17,19H,5,7,9,12-14H2,1-3H3. The number of aryl methyl sites for hydroxylation is 1. The molecule has 2 aromatic rings. The minimum absolute atomic E-state index is 0.00297. The Balaban J connectivity index is 1.62. The van der Waals surface area contributed by atoms with Crippen LogP contribution in [0.3, 0.4) is 0 Å². The zero-order valence-corrected chi connectivity index (χ0v) is 17.7. The number of hydrogen-bond donors (Lipinski definition) is 0. The Labute approximate surface area is 167 Å². The Kier molecular flexibility index (Phi) is 5.44. The number of fused-ring (bicyclic) bond motifs is 1. The molecule has 152 valence electrons. The van der Waals surface area contributed by atoms with Crippen molar-refractivity contribution in [3.8, 4) is 0 Å². The predicted octanol–water partition coefficient (Wildman–Crippen LogP) is 2.81. The van der Waals surface area contributed by atoms with E-state index in [0.29, 0.717) is 17.0 Å². The molecule has 3 heterocycles. The molecule has 4 rings (SSSR count). The number of sulfonamides is 1. The van der Waals surface area contributed by atoms with E-state index in [-0.39, 0.29) is 18.2 Å². The van der Waals surface area contributed by atoms with Gasteiger partial charge in [0.2, 0.25) is 10.0 Å².